The van der Waals surface area contributed by atoms with Crippen molar-refractivity contribution in [2.24, 2.45) is 0 Å². The van der Waals surface area contributed by atoms with Gasteiger partial charge in [0.15, 0.2) is 0 Å². The zero-order valence-electron chi connectivity index (χ0n) is 15.3. The summed E-state index contributed by atoms with van der Waals surface area (Å²) < 4.78 is 27.1. The third-order valence-corrected chi connectivity index (χ3v) is 7.54. The van der Waals surface area contributed by atoms with Crippen LogP contribution in [0.1, 0.15) is 20.8 Å². The Morgan fingerprint density at radius 3 is 2.52 bits per heavy atom. The summed E-state index contributed by atoms with van der Waals surface area (Å²) in [7, 11) is -3.77. The molecule has 0 saturated carbocycles. The maximum Gasteiger partial charge on any atom is 0.266 e. The van der Waals surface area contributed by atoms with E-state index in [4.69, 9.17) is 0 Å². The quantitative estimate of drug-likeness (QED) is 0.483. The largest absolute Gasteiger partial charge is 0.321 e. The maximum atomic E-state index is 12.7. The number of hydrogen-bond donors (Lipinski definition) is 2. The second-order valence-corrected chi connectivity index (χ2v) is 9.71. The highest BCUT2D eigenvalue weighted by atomic mass is 32.2. The standard InChI is InChI=1S/C18H15N5O3S3/c1-10-7-8-19-17-14(10)11(2)15(28-17)16(24)21-12-3-5-13(6-4-12)29(25,26)23-18-22-20-9-27-18/h3-9H,1-2H3,(H,21,24)(H,22,23). The van der Waals surface area contributed by atoms with Crippen LogP contribution in [0.2, 0.25) is 0 Å². The van der Waals surface area contributed by atoms with Crippen molar-refractivity contribution in [2.45, 2.75) is 18.7 Å². The van der Waals surface area contributed by atoms with E-state index in [9.17, 15) is 13.2 Å². The Bertz CT molecular complexity index is 1300. The Kier molecular flexibility index (Phi) is 5.03. The monoisotopic (exact) mass is 445 g/mol. The van der Waals surface area contributed by atoms with Gasteiger partial charge in [-0.1, -0.05) is 11.3 Å². The maximum absolute atomic E-state index is 12.7. The van der Waals surface area contributed by atoms with Gasteiger partial charge in [-0.15, -0.1) is 21.5 Å². The summed E-state index contributed by atoms with van der Waals surface area (Å²) in [5, 5.41) is 11.3. The number of nitrogens with zero attached hydrogens (tertiary/aromatic N) is 3. The van der Waals surface area contributed by atoms with Crippen LogP contribution in [0.4, 0.5) is 10.8 Å². The van der Waals surface area contributed by atoms with Crippen LogP contribution in [0.3, 0.4) is 0 Å². The molecule has 4 aromatic rings. The van der Waals surface area contributed by atoms with E-state index in [-0.39, 0.29) is 15.9 Å². The number of anilines is 2. The van der Waals surface area contributed by atoms with E-state index in [0.717, 1.165) is 32.7 Å². The molecule has 148 valence electrons. The minimum atomic E-state index is -3.77. The normalized spacial score (nSPS) is 11.5. The number of aryl methyl sites for hydroxylation is 2. The van der Waals surface area contributed by atoms with Gasteiger partial charge in [-0.25, -0.2) is 13.4 Å². The van der Waals surface area contributed by atoms with Crippen LogP contribution in [0.25, 0.3) is 10.2 Å². The lowest BCUT2D eigenvalue weighted by atomic mass is 10.1. The number of carbonyl (C=O) groups excluding carboxylic acids is 1. The van der Waals surface area contributed by atoms with Crippen molar-refractivity contribution in [1.29, 1.82) is 0 Å². The molecule has 0 fully saturated rings. The number of amides is 1. The van der Waals surface area contributed by atoms with Crippen LogP contribution in [0.15, 0.2) is 46.9 Å². The molecule has 0 aliphatic carbocycles. The second kappa shape index (κ2) is 7.50. The summed E-state index contributed by atoms with van der Waals surface area (Å²) in [5.74, 6) is -0.257. The highest BCUT2D eigenvalue weighted by molar-refractivity contribution is 7.93. The van der Waals surface area contributed by atoms with Crippen LogP contribution in [-0.2, 0) is 10.0 Å². The van der Waals surface area contributed by atoms with E-state index in [2.05, 4.69) is 25.2 Å². The zero-order valence-corrected chi connectivity index (χ0v) is 17.8. The van der Waals surface area contributed by atoms with E-state index < -0.39 is 10.0 Å². The Morgan fingerprint density at radius 2 is 1.86 bits per heavy atom. The van der Waals surface area contributed by atoms with E-state index in [1.165, 1.54) is 29.0 Å². The van der Waals surface area contributed by atoms with Crippen LogP contribution in [0.5, 0.6) is 0 Å². The van der Waals surface area contributed by atoms with Crippen LogP contribution >= 0.6 is 22.7 Å². The van der Waals surface area contributed by atoms with Crippen molar-refractivity contribution in [3.8, 4) is 0 Å². The van der Waals surface area contributed by atoms with Crippen LogP contribution in [-0.4, -0.2) is 29.5 Å². The van der Waals surface area contributed by atoms with Crippen molar-refractivity contribution in [3.05, 3.63) is 58.0 Å². The SMILES string of the molecule is Cc1ccnc2sc(C(=O)Nc3ccc(S(=O)(=O)Nc4nncs4)cc3)c(C)c12. The first kappa shape index (κ1) is 19.4. The van der Waals surface area contributed by atoms with Gasteiger partial charge in [-0.2, -0.15) is 0 Å². The zero-order chi connectivity index (χ0) is 20.6. The van der Waals surface area contributed by atoms with Crippen molar-refractivity contribution >= 4 is 59.6 Å². The number of sulfonamides is 1. The number of aromatic nitrogens is 3. The number of rotatable bonds is 5. The fourth-order valence-electron chi connectivity index (χ4n) is 2.87. The molecule has 0 aliphatic heterocycles. The highest BCUT2D eigenvalue weighted by Gasteiger charge is 2.19. The molecule has 0 atom stereocenters. The van der Waals surface area contributed by atoms with Gasteiger partial charge in [0.1, 0.15) is 10.3 Å². The van der Waals surface area contributed by atoms with Crippen molar-refractivity contribution in [1.82, 2.24) is 15.2 Å². The number of benzene rings is 1. The lowest BCUT2D eigenvalue weighted by Crippen LogP contribution is -2.14. The number of thiophene rings is 1. The van der Waals surface area contributed by atoms with Gasteiger partial charge in [-0.05, 0) is 55.3 Å². The molecule has 0 unspecified atom stereocenters. The fraction of sp³-hybridized carbons (Fsp3) is 0.111. The van der Waals surface area contributed by atoms with Crippen LogP contribution in [0, 0.1) is 13.8 Å². The van der Waals surface area contributed by atoms with Crippen molar-refractivity contribution in [2.75, 3.05) is 10.0 Å². The lowest BCUT2D eigenvalue weighted by molar-refractivity contribution is 0.103. The van der Waals surface area contributed by atoms with Gasteiger partial charge in [0, 0.05) is 17.3 Å². The first-order valence-corrected chi connectivity index (χ1v) is 11.6. The molecule has 0 bridgehead atoms. The summed E-state index contributed by atoms with van der Waals surface area (Å²) >= 11 is 2.42. The molecular weight excluding hydrogens is 430 g/mol. The highest BCUT2D eigenvalue weighted by Crippen LogP contribution is 2.32. The predicted molar refractivity (Wildman–Crippen MR) is 114 cm³/mol. The molecule has 3 heterocycles. The molecule has 1 aromatic carbocycles. The Labute approximate surface area is 174 Å². The summed E-state index contributed by atoms with van der Waals surface area (Å²) in [6.07, 6.45) is 1.73. The van der Waals surface area contributed by atoms with Gasteiger partial charge in [0.2, 0.25) is 5.13 Å². The Balaban J connectivity index is 1.54. The summed E-state index contributed by atoms with van der Waals surface area (Å²) in [6, 6.07) is 7.83. The number of carbonyl (C=O) groups is 1. The van der Waals surface area contributed by atoms with Gasteiger partial charge in [0.25, 0.3) is 15.9 Å². The van der Waals surface area contributed by atoms with Gasteiger partial charge in [0.05, 0.1) is 9.77 Å². The first-order chi connectivity index (χ1) is 13.8. The summed E-state index contributed by atoms with van der Waals surface area (Å²) in [5.41, 5.74) is 3.88. The Morgan fingerprint density at radius 1 is 1.10 bits per heavy atom. The number of pyridine rings is 1. The number of fused-ring (bicyclic) bond motifs is 1. The summed E-state index contributed by atoms with van der Waals surface area (Å²) in [6.45, 7) is 3.89. The average Bonchev–Trinajstić information content (AvgIpc) is 3.30. The first-order valence-electron chi connectivity index (χ1n) is 8.40. The van der Waals surface area contributed by atoms with E-state index in [0.29, 0.717) is 10.6 Å². The van der Waals surface area contributed by atoms with Gasteiger partial charge >= 0.3 is 0 Å². The molecule has 0 saturated heterocycles. The minimum absolute atomic E-state index is 0.0589. The minimum Gasteiger partial charge on any atom is -0.321 e. The molecule has 4 rings (SSSR count). The number of hydrogen-bond acceptors (Lipinski definition) is 8. The molecular formula is C18H15N5O3S3. The molecule has 29 heavy (non-hydrogen) atoms. The predicted octanol–water partition coefficient (Wildman–Crippen LogP) is 3.82. The summed E-state index contributed by atoms with van der Waals surface area (Å²) in [4.78, 5) is 18.5. The number of nitrogens with one attached hydrogen (secondary N) is 2. The van der Waals surface area contributed by atoms with Gasteiger partial charge < -0.3 is 5.32 Å². The topological polar surface area (TPSA) is 114 Å². The molecule has 8 nitrogen and oxygen atoms in total. The van der Waals surface area contributed by atoms with Crippen molar-refractivity contribution in [3.63, 3.8) is 0 Å². The third kappa shape index (κ3) is 3.84. The molecule has 3 aromatic heterocycles. The molecule has 0 aliphatic rings. The average molecular weight is 446 g/mol. The lowest BCUT2D eigenvalue weighted by Gasteiger charge is -2.07. The third-order valence-electron chi connectivity index (χ3n) is 4.25. The molecule has 2 N–H and O–H groups in total. The second-order valence-electron chi connectivity index (χ2n) is 6.19. The van der Waals surface area contributed by atoms with Crippen LogP contribution < -0.4 is 10.0 Å². The van der Waals surface area contributed by atoms with Crippen molar-refractivity contribution < 1.29 is 13.2 Å². The van der Waals surface area contributed by atoms with E-state index in [1.54, 1.807) is 18.3 Å². The molecule has 11 heteroatoms. The smallest absolute Gasteiger partial charge is 0.266 e. The molecule has 0 radical (unpaired) electrons. The van der Waals surface area contributed by atoms with Gasteiger partial charge in [-0.3, -0.25) is 9.52 Å². The molecule has 0 spiro atoms. The van der Waals surface area contributed by atoms with E-state index >= 15 is 0 Å². The molecule has 1 amide bonds. The Hall–Kier alpha value is -2.89. The fourth-order valence-corrected chi connectivity index (χ4v) is 5.68. The van der Waals surface area contributed by atoms with E-state index in [1.807, 2.05) is 19.9 Å².